The third-order valence-corrected chi connectivity index (χ3v) is 7.94. The molecular formula is C24H29N3O6S. The maximum absolute atomic E-state index is 13.2. The Morgan fingerprint density at radius 2 is 1.74 bits per heavy atom. The summed E-state index contributed by atoms with van der Waals surface area (Å²) in [5.74, 6) is 0.697. The predicted octanol–water partition coefficient (Wildman–Crippen LogP) is 2.65. The first-order chi connectivity index (χ1) is 16.1. The number of sulfonamides is 1. The molecule has 0 unspecified atom stereocenters. The van der Waals surface area contributed by atoms with Crippen molar-refractivity contribution in [1.82, 2.24) is 4.31 Å². The Morgan fingerprint density at radius 1 is 1.09 bits per heavy atom. The van der Waals surface area contributed by atoms with Crippen LogP contribution in [-0.4, -0.2) is 58.4 Å². The second kappa shape index (κ2) is 9.27. The summed E-state index contributed by atoms with van der Waals surface area (Å²) in [5.41, 5.74) is 2.03. The fourth-order valence-corrected chi connectivity index (χ4v) is 5.36. The first-order valence-electron chi connectivity index (χ1n) is 11.1. The van der Waals surface area contributed by atoms with E-state index in [9.17, 15) is 18.0 Å². The van der Waals surface area contributed by atoms with Crippen molar-refractivity contribution in [2.45, 2.75) is 37.1 Å². The fraction of sp³-hybridized carbons (Fsp3) is 0.417. The number of carbonyl (C=O) groups excluding carboxylic acids is 2. The molecule has 1 saturated carbocycles. The van der Waals surface area contributed by atoms with Gasteiger partial charge in [0.1, 0.15) is 11.5 Å². The van der Waals surface area contributed by atoms with Gasteiger partial charge in [0.15, 0.2) is 0 Å². The number of ether oxygens (including phenoxy) is 2. The van der Waals surface area contributed by atoms with Crippen molar-refractivity contribution in [2.24, 2.45) is 5.92 Å². The van der Waals surface area contributed by atoms with Gasteiger partial charge < -0.3 is 19.7 Å². The zero-order valence-corrected chi connectivity index (χ0v) is 20.5. The van der Waals surface area contributed by atoms with E-state index in [1.165, 1.54) is 27.3 Å². The number of likely N-dealkylation sites (N-methyl/N-ethyl adjacent to an activating group) is 1. The molecule has 0 spiro atoms. The van der Waals surface area contributed by atoms with Gasteiger partial charge in [0.25, 0.3) is 0 Å². The van der Waals surface area contributed by atoms with E-state index in [1.54, 1.807) is 35.2 Å². The van der Waals surface area contributed by atoms with E-state index in [0.717, 1.165) is 28.4 Å². The van der Waals surface area contributed by atoms with Crippen LogP contribution >= 0.6 is 0 Å². The Morgan fingerprint density at radius 3 is 2.32 bits per heavy atom. The van der Waals surface area contributed by atoms with Crippen LogP contribution in [0.15, 0.2) is 41.3 Å². The lowest BCUT2D eigenvalue weighted by molar-refractivity contribution is -0.120. The maximum Gasteiger partial charge on any atom is 0.243 e. The highest BCUT2D eigenvalue weighted by atomic mass is 32.2. The Bertz CT molecular complexity index is 1200. The molecule has 1 heterocycles. The van der Waals surface area contributed by atoms with Crippen molar-refractivity contribution < 1.29 is 27.5 Å². The average Bonchev–Trinajstić information content (AvgIpc) is 3.60. The number of rotatable bonds is 8. The number of nitrogens with one attached hydrogen (secondary N) is 1. The second-order valence-corrected chi connectivity index (χ2v) is 10.8. The van der Waals surface area contributed by atoms with E-state index in [1.807, 2.05) is 6.92 Å². The van der Waals surface area contributed by atoms with Gasteiger partial charge in [-0.15, -0.1) is 0 Å². The zero-order chi connectivity index (χ0) is 24.6. The topological polar surface area (TPSA) is 105 Å². The molecule has 1 aliphatic carbocycles. The summed E-state index contributed by atoms with van der Waals surface area (Å²) in [5, 5.41) is 2.68. The predicted molar refractivity (Wildman–Crippen MR) is 128 cm³/mol. The molecule has 2 amide bonds. The summed E-state index contributed by atoms with van der Waals surface area (Å²) < 4.78 is 37.7. The molecule has 0 bridgehead atoms. The third kappa shape index (κ3) is 4.74. The molecule has 2 aromatic carbocycles. The monoisotopic (exact) mass is 487 g/mol. The smallest absolute Gasteiger partial charge is 0.243 e. The van der Waals surface area contributed by atoms with E-state index < -0.39 is 15.9 Å². The van der Waals surface area contributed by atoms with Crippen LogP contribution in [0.25, 0.3) is 0 Å². The highest BCUT2D eigenvalue weighted by Crippen LogP contribution is 2.39. The summed E-state index contributed by atoms with van der Waals surface area (Å²) in [7, 11) is 0.446. The molecule has 34 heavy (non-hydrogen) atoms. The summed E-state index contributed by atoms with van der Waals surface area (Å²) in [6.45, 7) is 1.60. The van der Waals surface area contributed by atoms with E-state index in [2.05, 4.69) is 5.32 Å². The van der Waals surface area contributed by atoms with E-state index >= 15 is 0 Å². The number of hydrogen-bond donors (Lipinski definition) is 1. The van der Waals surface area contributed by atoms with Gasteiger partial charge in [-0.1, -0.05) is 0 Å². The van der Waals surface area contributed by atoms with Crippen molar-refractivity contribution in [1.29, 1.82) is 0 Å². The normalized spacial score (nSPS) is 17.4. The van der Waals surface area contributed by atoms with Crippen molar-refractivity contribution in [3.8, 4) is 11.5 Å². The number of anilines is 2. The summed E-state index contributed by atoms with van der Waals surface area (Å²) in [6, 6.07) is 9.70. The molecular weight excluding hydrogens is 458 g/mol. The molecule has 0 radical (unpaired) electrons. The summed E-state index contributed by atoms with van der Waals surface area (Å²) in [4.78, 5) is 27.1. The van der Waals surface area contributed by atoms with Crippen LogP contribution in [0, 0.1) is 5.92 Å². The van der Waals surface area contributed by atoms with E-state index in [4.69, 9.17) is 9.47 Å². The molecule has 1 N–H and O–H groups in total. The molecule has 1 fully saturated rings. The Hall–Kier alpha value is -3.11. The van der Waals surface area contributed by atoms with Crippen molar-refractivity contribution in [3.05, 3.63) is 42.0 Å². The van der Waals surface area contributed by atoms with Gasteiger partial charge >= 0.3 is 0 Å². The molecule has 1 aliphatic heterocycles. The SMILES string of the molecule is COc1cc(NC(=O)CN(C)S(=O)(=O)c2ccc3c(c2)C[C@@H](C)N3C(=O)C2CC2)cc(OC)c1. The third-order valence-electron chi connectivity index (χ3n) is 6.14. The molecule has 2 aromatic rings. The Kier molecular flexibility index (Phi) is 6.55. The minimum Gasteiger partial charge on any atom is -0.497 e. The summed E-state index contributed by atoms with van der Waals surface area (Å²) >= 11 is 0. The van der Waals surface area contributed by atoms with Crippen LogP contribution in [0.1, 0.15) is 25.3 Å². The molecule has 1 atom stereocenters. The number of hydrogen-bond acceptors (Lipinski definition) is 6. The van der Waals surface area contributed by atoms with Crippen LogP contribution in [-0.2, 0) is 26.0 Å². The molecule has 2 aliphatic rings. The standard InChI is InChI=1S/C24H29N3O6S/c1-15-9-17-10-21(7-8-22(17)27(15)24(29)16-5-6-16)34(30,31)26(2)14-23(28)25-18-11-19(32-3)13-20(12-18)33-4/h7-8,10-13,15-16H,5-6,9,14H2,1-4H3,(H,25,28)/t15-/m1/s1. The van der Waals surface area contributed by atoms with Crippen LogP contribution < -0.4 is 19.7 Å². The van der Waals surface area contributed by atoms with Gasteiger partial charge in [0, 0.05) is 48.6 Å². The van der Waals surface area contributed by atoms with Crippen LogP contribution in [0.4, 0.5) is 11.4 Å². The van der Waals surface area contributed by atoms with Crippen molar-refractivity contribution >= 4 is 33.2 Å². The van der Waals surface area contributed by atoms with Crippen LogP contribution in [0.3, 0.4) is 0 Å². The molecule has 9 nitrogen and oxygen atoms in total. The van der Waals surface area contributed by atoms with Crippen LogP contribution in [0.5, 0.6) is 11.5 Å². The largest absolute Gasteiger partial charge is 0.497 e. The van der Waals surface area contributed by atoms with Gasteiger partial charge in [-0.2, -0.15) is 4.31 Å². The molecule has 182 valence electrons. The number of methoxy groups -OCH3 is 2. The maximum atomic E-state index is 13.2. The molecule has 0 saturated heterocycles. The Balaban J connectivity index is 1.48. The lowest BCUT2D eigenvalue weighted by atomic mass is 10.1. The Labute approximate surface area is 199 Å². The first-order valence-corrected chi connectivity index (χ1v) is 12.5. The fourth-order valence-electron chi connectivity index (χ4n) is 4.18. The van der Waals surface area contributed by atoms with Crippen molar-refractivity contribution in [2.75, 3.05) is 38.0 Å². The number of amides is 2. The average molecular weight is 488 g/mol. The first kappa shape index (κ1) is 24.0. The summed E-state index contributed by atoms with van der Waals surface area (Å²) in [6.07, 6.45) is 2.43. The van der Waals surface area contributed by atoms with E-state index in [0.29, 0.717) is 23.6 Å². The lowest BCUT2D eigenvalue weighted by Crippen LogP contribution is -2.36. The number of nitrogens with zero attached hydrogens (tertiary/aromatic N) is 2. The minimum absolute atomic E-state index is 0.00980. The van der Waals surface area contributed by atoms with E-state index in [-0.39, 0.29) is 29.3 Å². The highest BCUT2D eigenvalue weighted by molar-refractivity contribution is 7.89. The van der Waals surface area contributed by atoms with Gasteiger partial charge in [0.05, 0.1) is 25.7 Å². The minimum atomic E-state index is -3.91. The lowest BCUT2D eigenvalue weighted by Gasteiger charge is -2.23. The molecule has 10 heteroatoms. The van der Waals surface area contributed by atoms with Gasteiger partial charge in [-0.25, -0.2) is 8.42 Å². The molecule has 0 aromatic heterocycles. The number of carbonyl (C=O) groups is 2. The number of benzene rings is 2. The van der Waals surface area contributed by atoms with Gasteiger partial charge in [-0.05, 0) is 49.9 Å². The van der Waals surface area contributed by atoms with Gasteiger partial charge in [0.2, 0.25) is 21.8 Å². The zero-order valence-electron chi connectivity index (χ0n) is 19.7. The highest BCUT2D eigenvalue weighted by Gasteiger charge is 2.40. The molecule has 4 rings (SSSR count). The van der Waals surface area contributed by atoms with Crippen LogP contribution in [0.2, 0.25) is 0 Å². The van der Waals surface area contributed by atoms with Crippen molar-refractivity contribution in [3.63, 3.8) is 0 Å². The number of fused-ring (bicyclic) bond motifs is 1. The van der Waals surface area contributed by atoms with Gasteiger partial charge in [-0.3, -0.25) is 9.59 Å². The second-order valence-electron chi connectivity index (χ2n) is 8.74. The quantitative estimate of drug-likeness (QED) is 0.614.